The molecule has 1 aromatic rings. The lowest BCUT2D eigenvalue weighted by Crippen LogP contribution is -2.26. The fourth-order valence-electron chi connectivity index (χ4n) is 0.751. The van der Waals surface area contributed by atoms with Crippen molar-refractivity contribution in [3.63, 3.8) is 0 Å². The summed E-state index contributed by atoms with van der Waals surface area (Å²) in [6.07, 6.45) is 0. The molecule has 0 aliphatic heterocycles. The van der Waals surface area contributed by atoms with Crippen LogP contribution in [0, 0.1) is 0 Å². The Morgan fingerprint density at radius 3 is 2.91 bits per heavy atom. The lowest BCUT2D eigenvalue weighted by atomic mass is 10.2. The number of nitrogens with zero attached hydrogens (tertiary/aromatic N) is 1. The van der Waals surface area contributed by atoms with Crippen LogP contribution in [0.2, 0.25) is 0 Å². The van der Waals surface area contributed by atoms with E-state index >= 15 is 0 Å². The Morgan fingerprint density at radius 1 is 1.64 bits per heavy atom. The number of hydrogen-bond donors (Lipinski definition) is 2. The fraction of sp³-hybridized carbons (Fsp3) is 0.286. The Labute approximate surface area is 74.1 Å². The van der Waals surface area contributed by atoms with Crippen molar-refractivity contribution in [3.05, 3.63) is 28.5 Å². The van der Waals surface area contributed by atoms with Crippen LogP contribution in [-0.2, 0) is 0 Å². The molecule has 0 spiro atoms. The van der Waals surface area contributed by atoms with Gasteiger partial charge in [0.25, 0.3) is 0 Å². The molecule has 0 aromatic carbocycles. The maximum atomic E-state index is 5.25. The summed E-state index contributed by atoms with van der Waals surface area (Å²) in [6, 6.07) is 5.83. The predicted molar refractivity (Wildman–Crippen MR) is 47.7 cm³/mol. The summed E-state index contributed by atoms with van der Waals surface area (Å²) >= 11 is 3.28. The summed E-state index contributed by atoms with van der Waals surface area (Å²) in [6.45, 7) is 1.95. The van der Waals surface area contributed by atoms with Crippen molar-refractivity contribution in [1.82, 2.24) is 10.4 Å². The topological polar surface area (TPSA) is 50.9 Å². The molecule has 0 saturated heterocycles. The Hall–Kier alpha value is -0.450. The van der Waals surface area contributed by atoms with Gasteiger partial charge in [0.15, 0.2) is 0 Å². The van der Waals surface area contributed by atoms with Crippen LogP contribution < -0.4 is 11.3 Å². The molecule has 4 heteroatoms. The van der Waals surface area contributed by atoms with Crippen molar-refractivity contribution >= 4 is 15.9 Å². The van der Waals surface area contributed by atoms with Crippen LogP contribution in [0.3, 0.4) is 0 Å². The number of rotatable bonds is 2. The molecule has 11 heavy (non-hydrogen) atoms. The highest BCUT2D eigenvalue weighted by atomic mass is 79.9. The molecule has 1 rings (SSSR count). The van der Waals surface area contributed by atoms with Gasteiger partial charge in [-0.25, -0.2) is 4.98 Å². The largest absolute Gasteiger partial charge is 0.271 e. The average Bonchev–Trinajstić information content (AvgIpc) is 2.03. The van der Waals surface area contributed by atoms with Gasteiger partial charge in [-0.05, 0) is 35.0 Å². The molecule has 1 heterocycles. The van der Waals surface area contributed by atoms with Crippen LogP contribution in [0.5, 0.6) is 0 Å². The van der Waals surface area contributed by atoms with E-state index in [4.69, 9.17) is 5.84 Å². The zero-order valence-corrected chi connectivity index (χ0v) is 7.80. The SMILES string of the molecule is CC(NN)c1cccc(Br)n1. The predicted octanol–water partition coefficient (Wildman–Crippen LogP) is 1.37. The van der Waals surface area contributed by atoms with Crippen LogP contribution in [0.15, 0.2) is 22.8 Å². The van der Waals surface area contributed by atoms with Gasteiger partial charge in [0.2, 0.25) is 0 Å². The van der Waals surface area contributed by atoms with Crippen molar-refractivity contribution in [2.75, 3.05) is 0 Å². The van der Waals surface area contributed by atoms with Gasteiger partial charge >= 0.3 is 0 Å². The minimum absolute atomic E-state index is 0.0903. The van der Waals surface area contributed by atoms with Crippen LogP contribution >= 0.6 is 15.9 Å². The molecule has 0 amide bonds. The summed E-state index contributed by atoms with van der Waals surface area (Å²) in [5, 5.41) is 0. The van der Waals surface area contributed by atoms with Gasteiger partial charge in [0.05, 0.1) is 11.7 Å². The number of nitrogens with one attached hydrogen (secondary N) is 1. The van der Waals surface area contributed by atoms with Crippen LogP contribution in [0.1, 0.15) is 18.7 Å². The molecule has 0 bridgehead atoms. The molecule has 0 fully saturated rings. The number of hydrazine groups is 1. The van der Waals surface area contributed by atoms with E-state index < -0.39 is 0 Å². The molecular weight excluding hydrogens is 206 g/mol. The van der Waals surface area contributed by atoms with E-state index in [1.807, 2.05) is 25.1 Å². The number of halogens is 1. The highest BCUT2D eigenvalue weighted by molar-refractivity contribution is 9.10. The van der Waals surface area contributed by atoms with E-state index in [-0.39, 0.29) is 6.04 Å². The van der Waals surface area contributed by atoms with Crippen LogP contribution in [-0.4, -0.2) is 4.98 Å². The highest BCUT2D eigenvalue weighted by Crippen LogP contribution is 2.11. The highest BCUT2D eigenvalue weighted by Gasteiger charge is 2.02. The molecule has 60 valence electrons. The Morgan fingerprint density at radius 2 is 2.36 bits per heavy atom. The molecule has 0 radical (unpaired) electrons. The van der Waals surface area contributed by atoms with E-state index in [2.05, 4.69) is 26.3 Å². The first-order valence-electron chi connectivity index (χ1n) is 3.32. The number of hydrogen-bond acceptors (Lipinski definition) is 3. The molecule has 1 aromatic heterocycles. The van der Waals surface area contributed by atoms with Gasteiger partial charge in [-0.15, -0.1) is 0 Å². The van der Waals surface area contributed by atoms with Gasteiger partial charge in [0.1, 0.15) is 4.60 Å². The number of aromatic nitrogens is 1. The molecular formula is C7H10BrN3. The fourth-order valence-corrected chi connectivity index (χ4v) is 1.11. The third-order valence-corrected chi connectivity index (χ3v) is 1.87. The maximum Gasteiger partial charge on any atom is 0.106 e. The van der Waals surface area contributed by atoms with Gasteiger partial charge < -0.3 is 0 Å². The first kappa shape index (κ1) is 8.64. The minimum Gasteiger partial charge on any atom is -0.271 e. The maximum absolute atomic E-state index is 5.25. The van der Waals surface area contributed by atoms with Crippen molar-refractivity contribution in [2.24, 2.45) is 5.84 Å². The first-order valence-corrected chi connectivity index (χ1v) is 4.12. The van der Waals surface area contributed by atoms with Crippen molar-refractivity contribution in [2.45, 2.75) is 13.0 Å². The summed E-state index contributed by atoms with van der Waals surface area (Å²) in [4.78, 5) is 4.22. The van der Waals surface area contributed by atoms with Crippen LogP contribution in [0.4, 0.5) is 0 Å². The lowest BCUT2D eigenvalue weighted by Gasteiger charge is -2.08. The second-order valence-electron chi connectivity index (χ2n) is 2.27. The van der Waals surface area contributed by atoms with Gasteiger partial charge in [-0.3, -0.25) is 11.3 Å². The van der Waals surface area contributed by atoms with Gasteiger partial charge in [0, 0.05) is 0 Å². The second kappa shape index (κ2) is 3.80. The molecule has 3 N–H and O–H groups in total. The first-order chi connectivity index (χ1) is 5.24. The van der Waals surface area contributed by atoms with E-state index in [0.29, 0.717) is 0 Å². The number of pyridine rings is 1. The second-order valence-corrected chi connectivity index (χ2v) is 3.09. The van der Waals surface area contributed by atoms with Gasteiger partial charge in [-0.1, -0.05) is 6.07 Å². The minimum atomic E-state index is 0.0903. The summed E-state index contributed by atoms with van der Waals surface area (Å²) < 4.78 is 0.831. The average molecular weight is 216 g/mol. The van der Waals surface area contributed by atoms with Crippen molar-refractivity contribution < 1.29 is 0 Å². The molecule has 1 atom stereocenters. The molecule has 0 aliphatic rings. The van der Waals surface area contributed by atoms with Gasteiger partial charge in [-0.2, -0.15) is 0 Å². The Kier molecular flexibility index (Phi) is 2.99. The van der Waals surface area contributed by atoms with E-state index in [9.17, 15) is 0 Å². The quantitative estimate of drug-likeness (QED) is 0.446. The smallest absolute Gasteiger partial charge is 0.106 e. The molecule has 3 nitrogen and oxygen atoms in total. The zero-order valence-electron chi connectivity index (χ0n) is 6.21. The van der Waals surface area contributed by atoms with Crippen molar-refractivity contribution in [1.29, 1.82) is 0 Å². The van der Waals surface area contributed by atoms with Crippen molar-refractivity contribution in [3.8, 4) is 0 Å². The van der Waals surface area contributed by atoms with Crippen LogP contribution in [0.25, 0.3) is 0 Å². The standard InChI is InChI=1S/C7H10BrN3/c1-5(11-9)6-3-2-4-7(8)10-6/h2-5,11H,9H2,1H3. The Balaban J connectivity index is 2.86. The number of nitrogens with two attached hydrogens (primary N) is 1. The normalized spacial score (nSPS) is 13.0. The molecule has 0 aliphatic carbocycles. The van der Waals surface area contributed by atoms with E-state index in [1.54, 1.807) is 0 Å². The summed E-state index contributed by atoms with van der Waals surface area (Å²) in [5.41, 5.74) is 3.56. The molecule has 0 saturated carbocycles. The van der Waals surface area contributed by atoms with E-state index in [1.165, 1.54) is 0 Å². The summed E-state index contributed by atoms with van der Waals surface area (Å²) in [5.74, 6) is 5.25. The van der Waals surface area contributed by atoms with E-state index in [0.717, 1.165) is 10.3 Å². The zero-order chi connectivity index (χ0) is 8.27. The lowest BCUT2D eigenvalue weighted by molar-refractivity contribution is 0.586. The summed E-state index contributed by atoms with van der Waals surface area (Å²) in [7, 11) is 0. The third-order valence-electron chi connectivity index (χ3n) is 1.43. The monoisotopic (exact) mass is 215 g/mol. The molecule has 1 unspecified atom stereocenters. The third kappa shape index (κ3) is 2.25. The Bertz CT molecular complexity index is 239.